The van der Waals surface area contributed by atoms with E-state index >= 15 is 0 Å². The quantitative estimate of drug-likeness (QED) is 0.849. The van der Waals surface area contributed by atoms with Gasteiger partial charge in [-0.3, -0.25) is 0 Å². The van der Waals surface area contributed by atoms with Crippen molar-refractivity contribution in [2.24, 2.45) is 0 Å². The molecule has 0 aliphatic carbocycles. The number of nitrogens with zero attached hydrogens (tertiary/aromatic N) is 2. The molecule has 0 radical (unpaired) electrons. The third-order valence-corrected chi connectivity index (χ3v) is 3.57. The van der Waals surface area contributed by atoms with Crippen LogP contribution in [0.2, 0.25) is 0 Å². The van der Waals surface area contributed by atoms with Crippen LogP contribution in [0.15, 0.2) is 29.0 Å². The Hall–Kier alpha value is -1.62. The Morgan fingerprint density at radius 1 is 1.05 bits per heavy atom. The van der Waals surface area contributed by atoms with Crippen molar-refractivity contribution in [3.8, 4) is 0 Å². The molecule has 4 nitrogen and oxygen atoms in total. The van der Waals surface area contributed by atoms with Crippen molar-refractivity contribution in [3.63, 3.8) is 0 Å². The van der Waals surface area contributed by atoms with Crippen molar-refractivity contribution in [3.05, 3.63) is 40.1 Å². The highest BCUT2D eigenvalue weighted by Gasteiger charge is 2.08. The Morgan fingerprint density at radius 3 is 2.35 bits per heavy atom. The van der Waals surface area contributed by atoms with Crippen LogP contribution >= 0.6 is 15.9 Å². The Morgan fingerprint density at radius 2 is 1.70 bits per heavy atom. The number of hydrogen-bond donors (Lipinski definition) is 2. The average Bonchev–Trinajstić information content (AvgIpc) is 2.38. The van der Waals surface area contributed by atoms with E-state index in [1.54, 1.807) is 6.33 Å². The van der Waals surface area contributed by atoms with Gasteiger partial charge in [-0.2, -0.15) is 0 Å². The number of aryl methyl sites for hydroxylation is 2. The van der Waals surface area contributed by atoms with E-state index in [0.29, 0.717) is 0 Å². The fourth-order valence-electron chi connectivity index (χ4n) is 2.01. The van der Waals surface area contributed by atoms with Gasteiger partial charge in [-0.15, -0.1) is 0 Å². The maximum Gasteiger partial charge on any atom is 0.150 e. The maximum atomic E-state index is 4.29. The van der Waals surface area contributed by atoms with Gasteiger partial charge in [0.15, 0.2) is 0 Å². The predicted octanol–water partition coefficient (Wildman–Crippen LogP) is 4.42. The van der Waals surface area contributed by atoms with Crippen LogP contribution in [-0.2, 0) is 0 Å². The van der Waals surface area contributed by atoms with E-state index in [2.05, 4.69) is 75.5 Å². The zero-order chi connectivity index (χ0) is 14.5. The molecule has 2 aromatic rings. The first-order valence-corrected chi connectivity index (χ1v) is 7.49. The fourth-order valence-corrected chi connectivity index (χ4v) is 2.45. The summed E-state index contributed by atoms with van der Waals surface area (Å²) >= 11 is 3.56. The van der Waals surface area contributed by atoms with Gasteiger partial charge in [0.25, 0.3) is 0 Å². The first-order chi connectivity index (χ1) is 9.60. The van der Waals surface area contributed by atoms with E-state index in [1.807, 2.05) is 0 Å². The lowest BCUT2D eigenvalue weighted by atomic mass is 10.1. The minimum atomic E-state index is 0.767. The van der Waals surface area contributed by atoms with Crippen molar-refractivity contribution in [1.82, 2.24) is 9.97 Å². The molecule has 0 saturated carbocycles. The van der Waals surface area contributed by atoms with Crippen molar-refractivity contribution < 1.29 is 0 Å². The van der Waals surface area contributed by atoms with E-state index in [0.717, 1.165) is 34.8 Å². The predicted molar refractivity (Wildman–Crippen MR) is 87.7 cm³/mol. The van der Waals surface area contributed by atoms with Crippen LogP contribution in [0.25, 0.3) is 0 Å². The Labute approximate surface area is 128 Å². The van der Waals surface area contributed by atoms with Gasteiger partial charge in [0.05, 0.1) is 0 Å². The van der Waals surface area contributed by atoms with E-state index in [9.17, 15) is 0 Å². The first-order valence-electron chi connectivity index (χ1n) is 6.70. The number of halogens is 1. The molecule has 0 aliphatic rings. The molecule has 0 amide bonds. The summed E-state index contributed by atoms with van der Waals surface area (Å²) in [6.07, 6.45) is 2.62. The van der Waals surface area contributed by atoms with Crippen molar-refractivity contribution in [2.45, 2.75) is 27.2 Å². The minimum Gasteiger partial charge on any atom is -0.369 e. The Balaban J connectivity index is 2.24. The standard InChI is InChI=1S/C15H19BrN4/c1-4-5-17-14-13(16)15(19-9-18-14)20-12-7-10(2)6-11(3)8-12/h6-9H,4-5H2,1-3H3,(H2,17,18,19,20). The van der Waals surface area contributed by atoms with Crippen LogP contribution in [0.1, 0.15) is 24.5 Å². The van der Waals surface area contributed by atoms with Crippen LogP contribution in [0, 0.1) is 13.8 Å². The summed E-state index contributed by atoms with van der Waals surface area (Å²) in [4.78, 5) is 8.54. The monoisotopic (exact) mass is 334 g/mol. The smallest absolute Gasteiger partial charge is 0.150 e. The molecule has 106 valence electrons. The number of aromatic nitrogens is 2. The summed E-state index contributed by atoms with van der Waals surface area (Å²) in [5.41, 5.74) is 3.48. The van der Waals surface area contributed by atoms with Gasteiger partial charge < -0.3 is 10.6 Å². The Bertz CT molecular complexity index is 578. The highest BCUT2D eigenvalue weighted by Crippen LogP contribution is 2.29. The van der Waals surface area contributed by atoms with E-state index < -0.39 is 0 Å². The lowest BCUT2D eigenvalue weighted by Crippen LogP contribution is -2.05. The maximum absolute atomic E-state index is 4.29. The highest BCUT2D eigenvalue weighted by molar-refractivity contribution is 9.10. The molecule has 0 spiro atoms. The Kier molecular flexibility index (Phi) is 4.95. The minimum absolute atomic E-state index is 0.767. The normalized spacial score (nSPS) is 10.4. The second-order valence-corrected chi connectivity index (χ2v) is 5.61. The number of hydrogen-bond acceptors (Lipinski definition) is 4. The zero-order valence-electron chi connectivity index (χ0n) is 12.0. The summed E-state index contributed by atoms with van der Waals surface area (Å²) in [5, 5.41) is 6.61. The lowest BCUT2D eigenvalue weighted by Gasteiger charge is -2.12. The largest absolute Gasteiger partial charge is 0.369 e. The van der Waals surface area contributed by atoms with Gasteiger partial charge in [0.1, 0.15) is 22.4 Å². The third-order valence-electron chi connectivity index (χ3n) is 2.82. The molecule has 2 N–H and O–H groups in total. The van der Waals surface area contributed by atoms with Crippen LogP contribution in [0.3, 0.4) is 0 Å². The molecule has 0 aliphatic heterocycles. The van der Waals surface area contributed by atoms with E-state index in [4.69, 9.17) is 0 Å². The van der Waals surface area contributed by atoms with Gasteiger partial charge in [0, 0.05) is 12.2 Å². The topological polar surface area (TPSA) is 49.8 Å². The number of rotatable bonds is 5. The summed E-state index contributed by atoms with van der Waals surface area (Å²) in [7, 11) is 0. The molecule has 0 saturated heterocycles. The molecular formula is C15H19BrN4. The van der Waals surface area contributed by atoms with Gasteiger partial charge in [0.2, 0.25) is 0 Å². The molecule has 1 aromatic heterocycles. The molecule has 0 unspecified atom stereocenters. The molecule has 1 aromatic carbocycles. The number of benzene rings is 1. The average molecular weight is 335 g/mol. The highest BCUT2D eigenvalue weighted by atomic mass is 79.9. The number of anilines is 3. The van der Waals surface area contributed by atoms with Crippen LogP contribution in [-0.4, -0.2) is 16.5 Å². The second kappa shape index (κ2) is 6.70. The fraction of sp³-hybridized carbons (Fsp3) is 0.333. The first kappa shape index (κ1) is 14.8. The van der Waals surface area contributed by atoms with E-state index in [-0.39, 0.29) is 0 Å². The van der Waals surface area contributed by atoms with Gasteiger partial charge >= 0.3 is 0 Å². The van der Waals surface area contributed by atoms with Gasteiger partial charge in [-0.05, 0) is 59.5 Å². The molecule has 5 heteroatoms. The van der Waals surface area contributed by atoms with Gasteiger partial charge in [-0.1, -0.05) is 13.0 Å². The summed E-state index contributed by atoms with van der Waals surface area (Å²) < 4.78 is 0.854. The SMILES string of the molecule is CCCNc1ncnc(Nc2cc(C)cc(C)c2)c1Br. The summed E-state index contributed by atoms with van der Waals surface area (Å²) in [5.74, 6) is 1.58. The molecule has 0 fully saturated rings. The molecule has 2 rings (SSSR count). The lowest BCUT2D eigenvalue weighted by molar-refractivity contribution is 0.962. The second-order valence-electron chi connectivity index (χ2n) is 4.81. The summed E-state index contributed by atoms with van der Waals surface area (Å²) in [6, 6.07) is 6.34. The number of nitrogens with one attached hydrogen (secondary N) is 2. The van der Waals surface area contributed by atoms with Gasteiger partial charge in [-0.25, -0.2) is 9.97 Å². The van der Waals surface area contributed by atoms with Crippen molar-refractivity contribution in [1.29, 1.82) is 0 Å². The van der Waals surface area contributed by atoms with Crippen LogP contribution in [0.5, 0.6) is 0 Å². The van der Waals surface area contributed by atoms with Crippen molar-refractivity contribution in [2.75, 3.05) is 17.2 Å². The van der Waals surface area contributed by atoms with Crippen LogP contribution < -0.4 is 10.6 Å². The summed E-state index contributed by atoms with van der Waals surface area (Å²) in [6.45, 7) is 7.18. The third kappa shape index (κ3) is 3.70. The van der Waals surface area contributed by atoms with Crippen LogP contribution in [0.4, 0.5) is 17.3 Å². The molecule has 0 bridgehead atoms. The molecule has 1 heterocycles. The zero-order valence-corrected chi connectivity index (χ0v) is 13.6. The van der Waals surface area contributed by atoms with Crippen molar-refractivity contribution >= 4 is 33.3 Å². The molecule has 0 atom stereocenters. The molecule has 20 heavy (non-hydrogen) atoms. The van der Waals surface area contributed by atoms with E-state index in [1.165, 1.54) is 11.1 Å². The molecular weight excluding hydrogens is 316 g/mol.